The van der Waals surface area contributed by atoms with Crippen LogP contribution in [0.5, 0.6) is 5.75 Å². The molecule has 0 radical (unpaired) electrons. The topological polar surface area (TPSA) is 38.5 Å². The summed E-state index contributed by atoms with van der Waals surface area (Å²) >= 11 is 0. The minimum absolute atomic E-state index is 0.318. The van der Waals surface area contributed by atoms with Gasteiger partial charge in [0, 0.05) is 25.2 Å². The number of anilines is 2. The van der Waals surface area contributed by atoms with Crippen LogP contribution in [0.25, 0.3) is 0 Å². The van der Waals surface area contributed by atoms with Crippen molar-refractivity contribution < 1.29 is 9.13 Å². The maximum atomic E-state index is 13.8. The third kappa shape index (κ3) is 3.78. The van der Waals surface area contributed by atoms with E-state index in [9.17, 15) is 4.39 Å². The van der Waals surface area contributed by atoms with Crippen LogP contribution in [-0.4, -0.2) is 19.7 Å². The van der Waals surface area contributed by atoms with E-state index in [2.05, 4.69) is 4.90 Å². The largest absolute Gasteiger partial charge is 0.490 e. The first kappa shape index (κ1) is 14.9. The standard InChI is InChI=1S/C16H25FN2O/c1-2-10-20-16-12-15(14(18)11-13(16)17)19-8-6-4-3-5-7-9-19/h11-12H,2-10,18H2,1H3. The van der Waals surface area contributed by atoms with Gasteiger partial charge in [-0.3, -0.25) is 0 Å². The van der Waals surface area contributed by atoms with Gasteiger partial charge < -0.3 is 15.4 Å². The number of hydrogen-bond donors (Lipinski definition) is 1. The number of nitrogen functional groups attached to an aromatic ring is 1. The molecule has 3 nitrogen and oxygen atoms in total. The molecular weight excluding hydrogens is 255 g/mol. The van der Waals surface area contributed by atoms with E-state index in [4.69, 9.17) is 10.5 Å². The van der Waals surface area contributed by atoms with E-state index in [0.717, 1.165) is 25.2 Å². The predicted octanol–water partition coefficient (Wildman–Crippen LogP) is 3.97. The fraction of sp³-hybridized carbons (Fsp3) is 0.625. The summed E-state index contributed by atoms with van der Waals surface area (Å²) in [6, 6.07) is 3.15. The molecule has 1 saturated heterocycles. The molecule has 0 saturated carbocycles. The maximum absolute atomic E-state index is 13.8. The highest BCUT2D eigenvalue weighted by Crippen LogP contribution is 2.32. The fourth-order valence-corrected chi connectivity index (χ4v) is 2.64. The van der Waals surface area contributed by atoms with Crippen molar-refractivity contribution in [2.45, 2.75) is 45.4 Å². The van der Waals surface area contributed by atoms with E-state index >= 15 is 0 Å². The first-order valence-corrected chi connectivity index (χ1v) is 7.69. The van der Waals surface area contributed by atoms with E-state index in [-0.39, 0.29) is 5.82 Å². The van der Waals surface area contributed by atoms with Gasteiger partial charge in [0.25, 0.3) is 0 Å². The minimum atomic E-state index is -0.369. The number of benzene rings is 1. The molecule has 0 spiro atoms. The third-order valence-corrected chi connectivity index (χ3v) is 3.74. The summed E-state index contributed by atoms with van der Waals surface area (Å²) in [5.74, 6) is -0.0511. The minimum Gasteiger partial charge on any atom is -0.490 e. The lowest BCUT2D eigenvalue weighted by Gasteiger charge is -2.28. The second kappa shape index (κ2) is 7.36. The van der Waals surface area contributed by atoms with E-state index in [1.807, 2.05) is 6.92 Å². The Morgan fingerprint density at radius 3 is 2.45 bits per heavy atom. The molecule has 2 rings (SSSR count). The van der Waals surface area contributed by atoms with Gasteiger partial charge in [-0.05, 0) is 19.3 Å². The fourth-order valence-electron chi connectivity index (χ4n) is 2.64. The lowest BCUT2D eigenvalue weighted by molar-refractivity contribution is 0.301. The van der Waals surface area contributed by atoms with Crippen LogP contribution < -0.4 is 15.4 Å². The Balaban J connectivity index is 2.19. The Hall–Kier alpha value is -1.45. The van der Waals surface area contributed by atoms with Gasteiger partial charge in [0.05, 0.1) is 18.0 Å². The van der Waals surface area contributed by atoms with Crippen LogP contribution >= 0.6 is 0 Å². The number of hydrogen-bond acceptors (Lipinski definition) is 3. The Bertz CT molecular complexity index is 429. The van der Waals surface area contributed by atoms with E-state index < -0.39 is 0 Å². The number of nitrogens with two attached hydrogens (primary N) is 1. The summed E-state index contributed by atoms with van der Waals surface area (Å²) in [5.41, 5.74) is 7.43. The van der Waals surface area contributed by atoms with Crippen LogP contribution in [0.2, 0.25) is 0 Å². The molecule has 1 aliphatic heterocycles. The van der Waals surface area contributed by atoms with Gasteiger partial charge in [0.2, 0.25) is 0 Å². The molecule has 1 fully saturated rings. The number of nitrogens with zero attached hydrogens (tertiary/aromatic N) is 1. The molecule has 20 heavy (non-hydrogen) atoms. The summed E-state index contributed by atoms with van der Waals surface area (Å²) in [6.07, 6.45) is 7.04. The molecule has 112 valence electrons. The van der Waals surface area contributed by atoms with Crippen LogP contribution in [0.4, 0.5) is 15.8 Å². The molecule has 0 aromatic heterocycles. The highest BCUT2D eigenvalue weighted by molar-refractivity contribution is 5.70. The average Bonchev–Trinajstić information content (AvgIpc) is 2.38. The summed E-state index contributed by atoms with van der Waals surface area (Å²) < 4.78 is 19.3. The summed E-state index contributed by atoms with van der Waals surface area (Å²) in [7, 11) is 0. The number of rotatable bonds is 4. The van der Waals surface area contributed by atoms with Gasteiger partial charge in [-0.1, -0.05) is 26.2 Å². The van der Waals surface area contributed by atoms with E-state index in [0.29, 0.717) is 18.0 Å². The Labute approximate surface area is 120 Å². The maximum Gasteiger partial charge on any atom is 0.167 e. The molecule has 2 N–H and O–H groups in total. The molecular formula is C16H25FN2O. The van der Waals surface area contributed by atoms with Crippen molar-refractivity contribution in [3.63, 3.8) is 0 Å². The zero-order valence-electron chi connectivity index (χ0n) is 12.3. The van der Waals surface area contributed by atoms with Crippen molar-refractivity contribution in [3.05, 3.63) is 17.9 Å². The van der Waals surface area contributed by atoms with Crippen molar-refractivity contribution in [1.29, 1.82) is 0 Å². The summed E-state index contributed by atoms with van der Waals surface area (Å²) in [5, 5.41) is 0. The van der Waals surface area contributed by atoms with E-state index in [1.165, 1.54) is 38.2 Å². The molecule has 0 bridgehead atoms. The van der Waals surface area contributed by atoms with Crippen LogP contribution in [0.3, 0.4) is 0 Å². The van der Waals surface area contributed by atoms with Gasteiger partial charge >= 0.3 is 0 Å². The van der Waals surface area contributed by atoms with Crippen molar-refractivity contribution in [1.82, 2.24) is 0 Å². The average molecular weight is 280 g/mol. The number of ether oxygens (including phenoxy) is 1. The second-order valence-corrected chi connectivity index (χ2v) is 5.44. The molecule has 1 heterocycles. The quantitative estimate of drug-likeness (QED) is 0.848. The Morgan fingerprint density at radius 2 is 1.80 bits per heavy atom. The molecule has 1 aromatic carbocycles. The van der Waals surface area contributed by atoms with Crippen molar-refractivity contribution >= 4 is 11.4 Å². The van der Waals surface area contributed by atoms with Crippen molar-refractivity contribution in [2.75, 3.05) is 30.3 Å². The number of halogens is 1. The van der Waals surface area contributed by atoms with Gasteiger partial charge in [0.15, 0.2) is 11.6 Å². The Morgan fingerprint density at radius 1 is 1.15 bits per heavy atom. The first-order chi connectivity index (χ1) is 9.72. The van der Waals surface area contributed by atoms with Crippen LogP contribution in [0.15, 0.2) is 12.1 Å². The zero-order chi connectivity index (χ0) is 14.4. The van der Waals surface area contributed by atoms with E-state index in [1.54, 1.807) is 6.07 Å². The molecule has 0 unspecified atom stereocenters. The van der Waals surface area contributed by atoms with Gasteiger partial charge in [-0.15, -0.1) is 0 Å². The lowest BCUT2D eigenvalue weighted by Crippen LogP contribution is -2.27. The van der Waals surface area contributed by atoms with Crippen LogP contribution in [0.1, 0.15) is 45.4 Å². The molecule has 1 aliphatic rings. The van der Waals surface area contributed by atoms with Crippen LogP contribution in [-0.2, 0) is 0 Å². The van der Waals surface area contributed by atoms with Crippen LogP contribution in [0, 0.1) is 5.82 Å². The van der Waals surface area contributed by atoms with Gasteiger partial charge in [-0.2, -0.15) is 0 Å². The monoisotopic (exact) mass is 280 g/mol. The van der Waals surface area contributed by atoms with Gasteiger partial charge in [-0.25, -0.2) is 4.39 Å². The molecule has 0 atom stereocenters. The van der Waals surface area contributed by atoms with Crippen molar-refractivity contribution in [2.24, 2.45) is 0 Å². The normalized spacial score (nSPS) is 16.6. The Kier molecular flexibility index (Phi) is 5.50. The molecule has 4 heteroatoms. The smallest absolute Gasteiger partial charge is 0.167 e. The molecule has 1 aromatic rings. The highest BCUT2D eigenvalue weighted by atomic mass is 19.1. The predicted molar refractivity (Wildman–Crippen MR) is 81.9 cm³/mol. The molecule has 0 aliphatic carbocycles. The molecule has 0 amide bonds. The van der Waals surface area contributed by atoms with Gasteiger partial charge in [0.1, 0.15) is 0 Å². The summed E-state index contributed by atoms with van der Waals surface area (Å²) in [6.45, 7) is 4.51. The lowest BCUT2D eigenvalue weighted by atomic mass is 10.1. The summed E-state index contributed by atoms with van der Waals surface area (Å²) in [4.78, 5) is 2.27. The second-order valence-electron chi connectivity index (χ2n) is 5.44. The zero-order valence-corrected chi connectivity index (χ0v) is 12.3. The highest BCUT2D eigenvalue weighted by Gasteiger charge is 2.15. The first-order valence-electron chi connectivity index (χ1n) is 7.69. The SMILES string of the molecule is CCCOc1cc(N2CCCCCCC2)c(N)cc1F. The third-order valence-electron chi connectivity index (χ3n) is 3.74. The van der Waals surface area contributed by atoms with Crippen molar-refractivity contribution in [3.8, 4) is 5.75 Å².